The SMILES string of the molecule is O=C(Cc1cnc[nH]c1=O)N[C@@H]1CCOC[C@H]1Oc1ccc(CO)cc1. The Kier molecular flexibility index (Phi) is 5.98. The molecule has 1 aliphatic rings. The van der Waals surface area contributed by atoms with Gasteiger partial charge in [-0.2, -0.15) is 0 Å². The van der Waals surface area contributed by atoms with E-state index in [0.29, 0.717) is 30.9 Å². The number of nitrogens with one attached hydrogen (secondary N) is 2. The molecular formula is C18H21N3O5. The van der Waals surface area contributed by atoms with Crippen LogP contribution in [0.1, 0.15) is 17.5 Å². The molecule has 138 valence electrons. The van der Waals surface area contributed by atoms with Gasteiger partial charge in [-0.05, 0) is 24.1 Å². The first-order valence-corrected chi connectivity index (χ1v) is 8.41. The summed E-state index contributed by atoms with van der Waals surface area (Å²) in [4.78, 5) is 30.2. The summed E-state index contributed by atoms with van der Waals surface area (Å²) < 4.78 is 11.4. The summed E-state index contributed by atoms with van der Waals surface area (Å²) in [5.74, 6) is 0.375. The smallest absolute Gasteiger partial charge is 0.254 e. The number of hydrogen-bond acceptors (Lipinski definition) is 6. The van der Waals surface area contributed by atoms with E-state index in [-0.39, 0.29) is 36.6 Å². The van der Waals surface area contributed by atoms with E-state index in [1.54, 1.807) is 24.3 Å². The molecule has 0 radical (unpaired) electrons. The molecule has 0 aliphatic carbocycles. The van der Waals surface area contributed by atoms with Gasteiger partial charge in [0.25, 0.3) is 5.56 Å². The van der Waals surface area contributed by atoms with Crippen LogP contribution in [0.2, 0.25) is 0 Å². The molecule has 8 heteroatoms. The monoisotopic (exact) mass is 359 g/mol. The molecule has 8 nitrogen and oxygen atoms in total. The summed E-state index contributed by atoms with van der Waals surface area (Å²) in [6.07, 6.45) is 2.92. The lowest BCUT2D eigenvalue weighted by molar-refractivity contribution is -0.123. The molecule has 3 rings (SSSR count). The number of benzene rings is 1. The second kappa shape index (κ2) is 8.59. The number of carbonyl (C=O) groups excluding carboxylic acids is 1. The maximum Gasteiger partial charge on any atom is 0.254 e. The van der Waals surface area contributed by atoms with Crippen molar-refractivity contribution in [3.05, 3.63) is 58.3 Å². The molecule has 0 unspecified atom stereocenters. The van der Waals surface area contributed by atoms with E-state index in [0.717, 1.165) is 5.56 Å². The quantitative estimate of drug-likeness (QED) is 0.677. The molecule has 2 atom stereocenters. The number of amides is 1. The predicted molar refractivity (Wildman–Crippen MR) is 92.7 cm³/mol. The summed E-state index contributed by atoms with van der Waals surface area (Å²) in [6, 6.07) is 6.88. The highest BCUT2D eigenvalue weighted by molar-refractivity contribution is 5.78. The third-order valence-electron chi connectivity index (χ3n) is 4.19. The Labute approximate surface area is 150 Å². The van der Waals surface area contributed by atoms with E-state index in [9.17, 15) is 9.59 Å². The van der Waals surface area contributed by atoms with Gasteiger partial charge in [0.15, 0.2) is 0 Å². The van der Waals surface area contributed by atoms with E-state index < -0.39 is 0 Å². The summed E-state index contributed by atoms with van der Waals surface area (Å²) in [5, 5.41) is 12.0. The lowest BCUT2D eigenvalue weighted by atomic mass is 10.1. The van der Waals surface area contributed by atoms with Gasteiger partial charge in [0.2, 0.25) is 5.91 Å². The van der Waals surface area contributed by atoms with Crippen molar-refractivity contribution in [2.75, 3.05) is 13.2 Å². The van der Waals surface area contributed by atoms with Crippen molar-refractivity contribution < 1.29 is 19.4 Å². The van der Waals surface area contributed by atoms with Crippen LogP contribution in [0.4, 0.5) is 0 Å². The van der Waals surface area contributed by atoms with Gasteiger partial charge in [-0.15, -0.1) is 0 Å². The highest BCUT2D eigenvalue weighted by Crippen LogP contribution is 2.18. The van der Waals surface area contributed by atoms with Crippen molar-refractivity contribution in [1.29, 1.82) is 0 Å². The summed E-state index contributed by atoms with van der Waals surface area (Å²) in [7, 11) is 0. The molecule has 26 heavy (non-hydrogen) atoms. The number of hydrogen-bond donors (Lipinski definition) is 3. The molecule has 1 aliphatic heterocycles. The molecule has 0 bridgehead atoms. The minimum Gasteiger partial charge on any atom is -0.486 e. The lowest BCUT2D eigenvalue weighted by Gasteiger charge is -2.32. The maximum absolute atomic E-state index is 12.3. The van der Waals surface area contributed by atoms with Gasteiger partial charge in [-0.1, -0.05) is 12.1 Å². The molecule has 0 saturated carbocycles. The van der Waals surface area contributed by atoms with Gasteiger partial charge in [-0.25, -0.2) is 4.98 Å². The van der Waals surface area contributed by atoms with Gasteiger partial charge in [-0.3, -0.25) is 9.59 Å². The van der Waals surface area contributed by atoms with Crippen LogP contribution in [-0.2, 0) is 22.6 Å². The molecule has 0 spiro atoms. The van der Waals surface area contributed by atoms with E-state index in [4.69, 9.17) is 14.6 Å². The first-order chi connectivity index (χ1) is 12.7. The maximum atomic E-state index is 12.3. The fraction of sp³-hybridized carbons (Fsp3) is 0.389. The van der Waals surface area contributed by atoms with Crippen molar-refractivity contribution >= 4 is 5.91 Å². The van der Waals surface area contributed by atoms with Crippen LogP contribution in [-0.4, -0.2) is 46.3 Å². The summed E-state index contributed by atoms with van der Waals surface area (Å²) >= 11 is 0. The Bertz CT molecular complexity index is 790. The number of aliphatic hydroxyl groups excluding tert-OH is 1. The zero-order chi connectivity index (χ0) is 18.4. The van der Waals surface area contributed by atoms with Crippen molar-refractivity contribution in [3.63, 3.8) is 0 Å². The molecule has 1 fully saturated rings. The topological polar surface area (TPSA) is 114 Å². The first-order valence-electron chi connectivity index (χ1n) is 8.41. The highest BCUT2D eigenvalue weighted by Gasteiger charge is 2.29. The van der Waals surface area contributed by atoms with Gasteiger partial charge >= 0.3 is 0 Å². The third-order valence-corrected chi connectivity index (χ3v) is 4.19. The minimum absolute atomic E-state index is 0.0288. The number of nitrogens with zero attached hydrogens (tertiary/aromatic N) is 1. The number of aromatic nitrogens is 2. The molecule has 3 N–H and O–H groups in total. The molecule has 1 aromatic carbocycles. The van der Waals surface area contributed by atoms with Crippen molar-refractivity contribution in [2.24, 2.45) is 0 Å². The average Bonchev–Trinajstić information content (AvgIpc) is 2.66. The normalized spacial score (nSPS) is 19.7. The number of carbonyl (C=O) groups is 1. The van der Waals surface area contributed by atoms with Crippen molar-refractivity contribution in [1.82, 2.24) is 15.3 Å². The first kappa shape index (κ1) is 18.1. The fourth-order valence-electron chi connectivity index (χ4n) is 2.77. The summed E-state index contributed by atoms with van der Waals surface area (Å²) in [5.41, 5.74) is 0.789. The Hall–Kier alpha value is -2.71. The number of aliphatic hydroxyl groups is 1. The van der Waals surface area contributed by atoms with Gasteiger partial charge in [0, 0.05) is 18.4 Å². The van der Waals surface area contributed by atoms with Crippen LogP contribution < -0.4 is 15.6 Å². The fourth-order valence-corrected chi connectivity index (χ4v) is 2.77. The van der Waals surface area contributed by atoms with Gasteiger partial charge < -0.3 is 24.9 Å². The third kappa shape index (κ3) is 4.68. The number of aromatic amines is 1. The number of rotatable bonds is 6. The van der Waals surface area contributed by atoms with E-state index >= 15 is 0 Å². The second-order valence-corrected chi connectivity index (χ2v) is 6.08. The van der Waals surface area contributed by atoms with Crippen LogP contribution in [0.25, 0.3) is 0 Å². The lowest BCUT2D eigenvalue weighted by Crippen LogP contribution is -2.51. The molecule has 1 aromatic heterocycles. The zero-order valence-corrected chi connectivity index (χ0v) is 14.2. The Morgan fingerprint density at radius 3 is 2.92 bits per heavy atom. The van der Waals surface area contributed by atoms with Crippen molar-refractivity contribution in [2.45, 2.75) is 31.6 Å². The van der Waals surface area contributed by atoms with E-state index in [2.05, 4.69) is 15.3 Å². The minimum atomic E-state index is -0.333. The molecule has 1 amide bonds. The molecule has 2 heterocycles. The average molecular weight is 359 g/mol. The van der Waals surface area contributed by atoms with E-state index in [1.807, 2.05) is 0 Å². The van der Waals surface area contributed by atoms with E-state index in [1.165, 1.54) is 12.5 Å². The standard InChI is InChI=1S/C18H21N3O5/c22-9-12-1-3-14(4-2-12)26-16-10-25-6-5-15(16)21-17(23)7-13-8-19-11-20-18(13)24/h1-4,8,11,15-16,22H,5-7,9-10H2,(H,21,23)(H,19,20,24)/t15-,16-/m1/s1. The number of H-pyrrole nitrogens is 1. The molecular weight excluding hydrogens is 338 g/mol. The van der Waals surface area contributed by atoms with Crippen LogP contribution in [0, 0.1) is 0 Å². The van der Waals surface area contributed by atoms with Crippen LogP contribution in [0.3, 0.4) is 0 Å². The molecule has 1 saturated heterocycles. The Balaban J connectivity index is 1.61. The zero-order valence-electron chi connectivity index (χ0n) is 14.2. The van der Waals surface area contributed by atoms with Crippen LogP contribution in [0.15, 0.2) is 41.6 Å². The highest BCUT2D eigenvalue weighted by atomic mass is 16.5. The second-order valence-electron chi connectivity index (χ2n) is 6.08. The van der Waals surface area contributed by atoms with Gasteiger partial charge in [0.05, 0.1) is 32.0 Å². The van der Waals surface area contributed by atoms with Crippen molar-refractivity contribution in [3.8, 4) is 5.75 Å². The molecule has 2 aromatic rings. The van der Waals surface area contributed by atoms with Crippen LogP contribution >= 0.6 is 0 Å². The summed E-state index contributed by atoms with van der Waals surface area (Å²) in [6.45, 7) is 0.862. The largest absolute Gasteiger partial charge is 0.486 e. The van der Waals surface area contributed by atoms with Crippen LogP contribution in [0.5, 0.6) is 5.75 Å². The Morgan fingerprint density at radius 2 is 2.19 bits per heavy atom. The predicted octanol–water partition coefficient (Wildman–Crippen LogP) is 0.157. The van der Waals surface area contributed by atoms with Gasteiger partial charge in [0.1, 0.15) is 11.9 Å². The number of ether oxygens (including phenoxy) is 2. The Morgan fingerprint density at radius 1 is 1.38 bits per heavy atom.